The first-order chi connectivity index (χ1) is 9.15. The number of hydrogen-bond acceptors (Lipinski definition) is 3. The Balaban J connectivity index is 2.15. The van der Waals surface area contributed by atoms with E-state index in [2.05, 4.69) is 43.0 Å². The van der Waals surface area contributed by atoms with Gasteiger partial charge in [0, 0.05) is 32.8 Å². The van der Waals surface area contributed by atoms with Crippen LogP contribution in [0.15, 0.2) is 24.3 Å². The van der Waals surface area contributed by atoms with Gasteiger partial charge in [-0.2, -0.15) is 0 Å². The molecule has 3 atom stereocenters. The predicted octanol–water partition coefficient (Wildman–Crippen LogP) is 2.42. The van der Waals surface area contributed by atoms with Gasteiger partial charge in [-0.25, -0.2) is 0 Å². The number of benzene rings is 1. The van der Waals surface area contributed by atoms with E-state index >= 15 is 0 Å². The van der Waals surface area contributed by atoms with Crippen molar-refractivity contribution >= 4 is 0 Å². The molecule has 0 radical (unpaired) electrons. The second kappa shape index (κ2) is 6.51. The molecule has 0 spiro atoms. The molecule has 0 saturated carbocycles. The first kappa shape index (κ1) is 14.5. The topological polar surface area (TPSA) is 38.5 Å². The standard InChI is InChI=1S/C16H26N2O/c1-12-9-18(10-13(12)2)16(8-17)15-6-4-5-14(7-15)11-19-3/h4-7,12-13,16H,8-11,17H2,1-3H3. The van der Waals surface area contributed by atoms with Crippen LogP contribution in [-0.2, 0) is 11.3 Å². The fraction of sp³-hybridized carbons (Fsp3) is 0.625. The smallest absolute Gasteiger partial charge is 0.0713 e. The Hall–Kier alpha value is -0.900. The van der Waals surface area contributed by atoms with Gasteiger partial charge in [-0.05, 0) is 23.0 Å². The maximum Gasteiger partial charge on any atom is 0.0713 e. The molecule has 3 unspecified atom stereocenters. The largest absolute Gasteiger partial charge is 0.380 e. The van der Waals surface area contributed by atoms with Crippen LogP contribution < -0.4 is 5.73 Å². The molecular weight excluding hydrogens is 236 g/mol. The van der Waals surface area contributed by atoms with Gasteiger partial charge in [0.05, 0.1) is 6.61 Å². The number of nitrogens with zero attached hydrogens (tertiary/aromatic N) is 1. The third-order valence-corrected chi connectivity index (χ3v) is 4.33. The van der Waals surface area contributed by atoms with Crippen LogP contribution in [0, 0.1) is 11.8 Å². The number of rotatable bonds is 5. The van der Waals surface area contributed by atoms with Crippen LogP contribution in [0.25, 0.3) is 0 Å². The fourth-order valence-electron chi connectivity index (χ4n) is 2.98. The molecule has 3 nitrogen and oxygen atoms in total. The Kier molecular flexibility index (Phi) is 4.97. The highest BCUT2D eigenvalue weighted by Crippen LogP contribution is 2.30. The van der Waals surface area contributed by atoms with Gasteiger partial charge in [-0.1, -0.05) is 38.1 Å². The number of nitrogens with two attached hydrogens (primary N) is 1. The van der Waals surface area contributed by atoms with E-state index in [-0.39, 0.29) is 0 Å². The van der Waals surface area contributed by atoms with Gasteiger partial charge in [-0.3, -0.25) is 4.90 Å². The summed E-state index contributed by atoms with van der Waals surface area (Å²) in [5.41, 5.74) is 8.57. The zero-order valence-corrected chi connectivity index (χ0v) is 12.3. The van der Waals surface area contributed by atoms with E-state index < -0.39 is 0 Å². The molecule has 19 heavy (non-hydrogen) atoms. The first-order valence-electron chi connectivity index (χ1n) is 7.17. The molecule has 106 valence electrons. The third kappa shape index (κ3) is 3.35. The van der Waals surface area contributed by atoms with Crippen LogP contribution >= 0.6 is 0 Å². The van der Waals surface area contributed by atoms with Crippen molar-refractivity contribution in [2.45, 2.75) is 26.5 Å². The highest BCUT2D eigenvalue weighted by molar-refractivity contribution is 5.26. The second-order valence-electron chi connectivity index (χ2n) is 5.84. The Morgan fingerprint density at radius 3 is 2.58 bits per heavy atom. The summed E-state index contributed by atoms with van der Waals surface area (Å²) in [6.45, 7) is 8.31. The van der Waals surface area contributed by atoms with Crippen molar-refractivity contribution in [3.05, 3.63) is 35.4 Å². The van der Waals surface area contributed by atoms with Crippen LogP contribution in [0.1, 0.15) is 31.0 Å². The highest BCUT2D eigenvalue weighted by Gasteiger charge is 2.31. The molecule has 0 amide bonds. The quantitative estimate of drug-likeness (QED) is 0.885. The predicted molar refractivity (Wildman–Crippen MR) is 78.9 cm³/mol. The van der Waals surface area contributed by atoms with E-state index in [1.807, 2.05) is 0 Å². The Morgan fingerprint density at radius 2 is 2.00 bits per heavy atom. The summed E-state index contributed by atoms with van der Waals surface area (Å²) < 4.78 is 5.21. The van der Waals surface area contributed by atoms with Crippen LogP contribution in [0.3, 0.4) is 0 Å². The minimum absolute atomic E-state index is 0.337. The summed E-state index contributed by atoms with van der Waals surface area (Å²) in [4.78, 5) is 2.53. The number of methoxy groups -OCH3 is 1. The lowest BCUT2D eigenvalue weighted by atomic mass is 10.0. The van der Waals surface area contributed by atoms with Crippen LogP contribution in [0.2, 0.25) is 0 Å². The molecule has 1 fully saturated rings. The summed E-state index contributed by atoms with van der Waals surface area (Å²) in [5, 5.41) is 0. The van der Waals surface area contributed by atoms with Crippen molar-refractivity contribution in [3.8, 4) is 0 Å². The van der Waals surface area contributed by atoms with E-state index in [1.165, 1.54) is 11.1 Å². The van der Waals surface area contributed by atoms with Crippen molar-refractivity contribution in [1.82, 2.24) is 4.90 Å². The minimum Gasteiger partial charge on any atom is -0.380 e. The lowest BCUT2D eigenvalue weighted by Gasteiger charge is -2.27. The van der Waals surface area contributed by atoms with Crippen LogP contribution in [0.5, 0.6) is 0 Å². The van der Waals surface area contributed by atoms with E-state index in [0.29, 0.717) is 19.2 Å². The van der Waals surface area contributed by atoms with Gasteiger partial charge in [0.25, 0.3) is 0 Å². The molecule has 2 rings (SSSR count). The SMILES string of the molecule is COCc1cccc(C(CN)N2CC(C)C(C)C2)c1. The number of ether oxygens (including phenoxy) is 1. The summed E-state index contributed by atoms with van der Waals surface area (Å²) in [7, 11) is 1.73. The number of hydrogen-bond donors (Lipinski definition) is 1. The highest BCUT2D eigenvalue weighted by atomic mass is 16.5. The lowest BCUT2D eigenvalue weighted by molar-refractivity contribution is 0.184. The fourth-order valence-corrected chi connectivity index (χ4v) is 2.98. The first-order valence-corrected chi connectivity index (χ1v) is 7.17. The van der Waals surface area contributed by atoms with Crippen LogP contribution in [0.4, 0.5) is 0 Å². The van der Waals surface area contributed by atoms with Gasteiger partial charge in [0.15, 0.2) is 0 Å². The minimum atomic E-state index is 0.337. The van der Waals surface area contributed by atoms with Crippen molar-refractivity contribution in [2.24, 2.45) is 17.6 Å². The molecule has 0 aromatic heterocycles. The average molecular weight is 262 g/mol. The average Bonchev–Trinajstić information content (AvgIpc) is 2.71. The summed E-state index contributed by atoms with van der Waals surface area (Å²) in [6, 6.07) is 8.97. The molecule has 1 saturated heterocycles. The number of likely N-dealkylation sites (tertiary alicyclic amines) is 1. The normalized spacial score (nSPS) is 25.7. The third-order valence-electron chi connectivity index (χ3n) is 4.33. The monoisotopic (exact) mass is 262 g/mol. The van der Waals surface area contributed by atoms with Gasteiger partial charge in [-0.15, -0.1) is 0 Å². The van der Waals surface area contributed by atoms with Gasteiger partial charge < -0.3 is 10.5 Å². The van der Waals surface area contributed by atoms with Crippen molar-refractivity contribution < 1.29 is 4.74 Å². The van der Waals surface area contributed by atoms with Gasteiger partial charge in [0.1, 0.15) is 0 Å². The molecule has 1 heterocycles. The van der Waals surface area contributed by atoms with Crippen molar-refractivity contribution in [1.29, 1.82) is 0 Å². The van der Waals surface area contributed by atoms with Crippen molar-refractivity contribution in [2.75, 3.05) is 26.7 Å². The molecule has 0 bridgehead atoms. The maximum absolute atomic E-state index is 6.03. The Labute approximate surface area is 116 Å². The van der Waals surface area contributed by atoms with Gasteiger partial charge >= 0.3 is 0 Å². The summed E-state index contributed by atoms with van der Waals surface area (Å²) >= 11 is 0. The molecule has 1 aromatic rings. The molecule has 1 aliphatic rings. The molecule has 1 aliphatic heterocycles. The zero-order chi connectivity index (χ0) is 13.8. The van der Waals surface area contributed by atoms with E-state index in [9.17, 15) is 0 Å². The molecule has 3 heteroatoms. The molecular formula is C16H26N2O. The van der Waals surface area contributed by atoms with Crippen molar-refractivity contribution in [3.63, 3.8) is 0 Å². The summed E-state index contributed by atoms with van der Waals surface area (Å²) in [5.74, 6) is 1.52. The van der Waals surface area contributed by atoms with Gasteiger partial charge in [0.2, 0.25) is 0 Å². The molecule has 1 aromatic carbocycles. The summed E-state index contributed by atoms with van der Waals surface area (Å²) in [6.07, 6.45) is 0. The zero-order valence-electron chi connectivity index (χ0n) is 12.3. The Bertz CT molecular complexity index is 397. The van der Waals surface area contributed by atoms with E-state index in [1.54, 1.807) is 7.11 Å². The second-order valence-corrected chi connectivity index (χ2v) is 5.84. The molecule has 0 aliphatic carbocycles. The Morgan fingerprint density at radius 1 is 1.32 bits per heavy atom. The lowest BCUT2D eigenvalue weighted by Crippen LogP contribution is -2.32. The van der Waals surface area contributed by atoms with E-state index in [4.69, 9.17) is 10.5 Å². The van der Waals surface area contributed by atoms with E-state index in [0.717, 1.165) is 24.9 Å². The van der Waals surface area contributed by atoms with Crippen LogP contribution in [-0.4, -0.2) is 31.6 Å². The molecule has 2 N–H and O–H groups in total. The maximum atomic E-state index is 6.03.